The third-order valence-electron chi connectivity index (χ3n) is 6.28. The van der Waals surface area contributed by atoms with Gasteiger partial charge in [-0.15, -0.1) is 20.5 Å². The van der Waals surface area contributed by atoms with E-state index in [1.807, 2.05) is 0 Å². The molecule has 0 saturated heterocycles. The molecule has 226 valence electrons. The molecule has 0 radical (unpaired) electrons. The summed E-state index contributed by atoms with van der Waals surface area (Å²) in [5, 5.41) is 33.7. The zero-order valence-corrected chi connectivity index (χ0v) is 24.4. The monoisotopic (exact) mass is 602 g/mol. The summed E-state index contributed by atoms with van der Waals surface area (Å²) in [7, 11) is 5.72. The van der Waals surface area contributed by atoms with Crippen LogP contribution < -0.4 is 11.5 Å². The Bertz CT molecular complexity index is 1820. The van der Waals surface area contributed by atoms with Gasteiger partial charge in [0.2, 0.25) is 0 Å². The van der Waals surface area contributed by atoms with Crippen molar-refractivity contribution < 1.29 is 19.1 Å². The molecule has 0 saturated carbocycles. The molecule has 0 atom stereocenters. The van der Waals surface area contributed by atoms with Gasteiger partial charge >= 0.3 is 11.9 Å². The maximum atomic E-state index is 12.1. The largest absolute Gasteiger partial charge is 0.465 e. The summed E-state index contributed by atoms with van der Waals surface area (Å²) in [6.07, 6.45) is 4.13. The normalized spacial score (nSPS) is 11.6. The zero-order valence-electron chi connectivity index (χ0n) is 24.4. The Labute approximate surface area is 248 Å². The van der Waals surface area contributed by atoms with Crippen LogP contribution in [0.4, 0.5) is 34.6 Å². The Kier molecular flexibility index (Phi) is 7.62. The minimum absolute atomic E-state index is 0.0851. The van der Waals surface area contributed by atoms with Crippen LogP contribution in [0.3, 0.4) is 0 Å². The molecule has 4 N–H and O–H groups in total. The van der Waals surface area contributed by atoms with Crippen molar-refractivity contribution in [2.45, 2.75) is 13.8 Å². The highest BCUT2D eigenvalue weighted by Gasteiger charge is 2.21. The first kappa shape index (κ1) is 29.2. The van der Waals surface area contributed by atoms with E-state index >= 15 is 0 Å². The van der Waals surface area contributed by atoms with Gasteiger partial charge in [0, 0.05) is 26.4 Å². The highest BCUT2D eigenvalue weighted by Crippen LogP contribution is 2.33. The predicted molar refractivity (Wildman–Crippen MR) is 152 cm³/mol. The lowest BCUT2D eigenvalue weighted by Gasteiger charge is -2.06. The molecule has 20 nitrogen and oxygen atoms in total. The summed E-state index contributed by atoms with van der Waals surface area (Å²) in [5.74, 6) is -0.301. The number of nitrogens with two attached hydrogens (primary N) is 2. The van der Waals surface area contributed by atoms with Crippen molar-refractivity contribution in [3.8, 4) is 11.8 Å². The second-order valence-corrected chi connectivity index (χ2v) is 9.07. The van der Waals surface area contributed by atoms with Crippen molar-refractivity contribution >= 4 is 46.6 Å². The number of hydrogen-bond acceptors (Lipinski definition) is 16. The van der Waals surface area contributed by atoms with Crippen molar-refractivity contribution in [2.75, 3.05) is 25.7 Å². The minimum atomic E-state index is -0.613. The van der Waals surface area contributed by atoms with Crippen LogP contribution in [0, 0.1) is 13.8 Å². The molecule has 5 aromatic heterocycles. The molecule has 0 amide bonds. The molecule has 0 aliphatic rings. The van der Waals surface area contributed by atoms with E-state index in [0.717, 1.165) is 0 Å². The lowest BCUT2D eigenvalue weighted by Crippen LogP contribution is -2.10. The molecular formula is C24H26N16O4. The van der Waals surface area contributed by atoms with E-state index in [1.165, 1.54) is 51.5 Å². The molecule has 44 heavy (non-hydrogen) atoms. The first-order valence-electron chi connectivity index (χ1n) is 12.6. The summed E-state index contributed by atoms with van der Waals surface area (Å²) in [5.41, 5.74) is 14.4. The fourth-order valence-corrected chi connectivity index (χ4v) is 4.01. The van der Waals surface area contributed by atoms with Crippen molar-refractivity contribution in [3.63, 3.8) is 0 Å². The van der Waals surface area contributed by atoms with Crippen LogP contribution in [0.25, 0.3) is 11.8 Å². The maximum Gasteiger partial charge on any atom is 0.343 e. The number of rotatable bonds is 8. The van der Waals surface area contributed by atoms with E-state index < -0.39 is 11.9 Å². The van der Waals surface area contributed by atoms with Gasteiger partial charge in [0.15, 0.2) is 40.5 Å². The molecule has 0 aliphatic heterocycles. The predicted octanol–water partition coefficient (Wildman–Crippen LogP) is 2.50. The second-order valence-electron chi connectivity index (χ2n) is 9.07. The van der Waals surface area contributed by atoms with E-state index in [-0.39, 0.29) is 57.5 Å². The summed E-state index contributed by atoms with van der Waals surface area (Å²) in [6, 6.07) is 1.58. The Morgan fingerprint density at radius 2 is 1.25 bits per heavy atom. The van der Waals surface area contributed by atoms with Gasteiger partial charge < -0.3 is 20.9 Å². The number of nitrogens with zero attached hydrogens (tertiary/aromatic N) is 14. The average Bonchev–Trinajstić information content (AvgIpc) is 3.74. The summed E-state index contributed by atoms with van der Waals surface area (Å²) >= 11 is 0. The standard InChI is InChI=1S/C24H26N16O4/c1-11-16(31-33-20-13(22(41)43-5)9-28-37(20)3)18(25)39(35-11)15-7-8-27-24(30-15)40-19(26)17(12(2)36-40)32-34-21-14(23(42)44-6)10-29-38(21)4/h7-10H,25-26H2,1-6H3. The maximum absolute atomic E-state index is 12.1. The molecule has 5 rings (SSSR count). The van der Waals surface area contributed by atoms with Gasteiger partial charge in [0.05, 0.1) is 38.0 Å². The number of methoxy groups -OCH3 is 2. The molecule has 0 aromatic carbocycles. The van der Waals surface area contributed by atoms with Crippen LogP contribution in [0.2, 0.25) is 0 Å². The molecule has 5 aromatic rings. The smallest absolute Gasteiger partial charge is 0.343 e. The first-order valence-corrected chi connectivity index (χ1v) is 12.6. The molecule has 0 aliphatic carbocycles. The van der Waals surface area contributed by atoms with Gasteiger partial charge in [-0.3, -0.25) is 0 Å². The number of aromatic nitrogens is 10. The topological polar surface area (TPSA) is 251 Å². The van der Waals surface area contributed by atoms with E-state index in [2.05, 4.69) is 50.8 Å². The number of nitrogen functional groups attached to an aromatic ring is 2. The number of carbonyl (C=O) groups is 2. The van der Waals surface area contributed by atoms with E-state index in [4.69, 9.17) is 20.9 Å². The van der Waals surface area contributed by atoms with Crippen LogP contribution in [-0.4, -0.2) is 75.2 Å². The van der Waals surface area contributed by atoms with Gasteiger partial charge in [-0.1, -0.05) is 0 Å². The number of esters is 2. The molecule has 0 fully saturated rings. The average molecular weight is 603 g/mol. The number of hydrogen-bond donors (Lipinski definition) is 2. The van der Waals surface area contributed by atoms with Gasteiger partial charge in [-0.05, 0) is 13.8 Å². The summed E-state index contributed by atoms with van der Waals surface area (Å²) < 4.78 is 14.9. The van der Waals surface area contributed by atoms with Crippen LogP contribution >= 0.6 is 0 Å². The van der Waals surface area contributed by atoms with Gasteiger partial charge in [0.1, 0.15) is 11.1 Å². The Balaban J connectivity index is 1.47. The molecule has 20 heteroatoms. The Hall–Kier alpha value is -6.34. The van der Waals surface area contributed by atoms with Crippen LogP contribution in [0.1, 0.15) is 32.1 Å². The second kappa shape index (κ2) is 11.5. The fourth-order valence-electron chi connectivity index (χ4n) is 4.01. The number of azo groups is 2. The number of anilines is 2. The molecular weight excluding hydrogens is 576 g/mol. The van der Waals surface area contributed by atoms with Gasteiger partial charge in [-0.25, -0.2) is 23.9 Å². The van der Waals surface area contributed by atoms with E-state index in [0.29, 0.717) is 11.4 Å². The highest BCUT2D eigenvalue weighted by molar-refractivity contribution is 5.94. The molecule has 0 spiro atoms. The minimum Gasteiger partial charge on any atom is -0.465 e. The molecule has 0 unspecified atom stereocenters. The lowest BCUT2D eigenvalue weighted by molar-refractivity contribution is 0.0592. The van der Waals surface area contributed by atoms with Crippen molar-refractivity contribution in [1.82, 2.24) is 49.1 Å². The summed E-state index contributed by atoms with van der Waals surface area (Å²) in [4.78, 5) is 32.9. The zero-order chi connectivity index (χ0) is 31.7. The Morgan fingerprint density at radius 1 is 0.773 bits per heavy atom. The van der Waals surface area contributed by atoms with Gasteiger partial charge in [-0.2, -0.15) is 34.7 Å². The molecule has 5 heterocycles. The van der Waals surface area contributed by atoms with Crippen molar-refractivity contribution in [2.24, 2.45) is 34.6 Å². The quantitative estimate of drug-likeness (QED) is 0.192. The fraction of sp³-hybridized carbons (Fsp3) is 0.250. The summed E-state index contributed by atoms with van der Waals surface area (Å²) in [6.45, 7) is 3.36. The third-order valence-corrected chi connectivity index (χ3v) is 6.28. The third kappa shape index (κ3) is 5.10. The number of carbonyl (C=O) groups excluding carboxylic acids is 2. The number of aryl methyl sites for hydroxylation is 4. The van der Waals surface area contributed by atoms with Crippen LogP contribution in [0.5, 0.6) is 0 Å². The SMILES string of the molecule is COC(=O)c1cnn(C)c1N=Nc1c(C)nn(-c2ccnc(-n3nc(C)c(N=Nc4c(C(=O)OC)cnn4C)c3N)n2)c1N. The Morgan fingerprint density at radius 3 is 1.75 bits per heavy atom. The van der Waals surface area contributed by atoms with Crippen molar-refractivity contribution in [3.05, 3.63) is 47.2 Å². The van der Waals surface area contributed by atoms with Crippen molar-refractivity contribution in [1.29, 1.82) is 0 Å². The van der Waals surface area contributed by atoms with E-state index in [1.54, 1.807) is 34.0 Å². The first-order chi connectivity index (χ1) is 21.0. The highest BCUT2D eigenvalue weighted by atomic mass is 16.5. The molecule has 0 bridgehead atoms. The van der Waals surface area contributed by atoms with Gasteiger partial charge in [0.25, 0.3) is 5.95 Å². The number of ether oxygens (including phenoxy) is 2. The lowest BCUT2D eigenvalue weighted by atomic mass is 10.3. The van der Waals surface area contributed by atoms with Crippen LogP contribution in [-0.2, 0) is 23.6 Å². The van der Waals surface area contributed by atoms with E-state index in [9.17, 15) is 9.59 Å². The van der Waals surface area contributed by atoms with Crippen LogP contribution in [0.15, 0.2) is 45.1 Å².